The van der Waals surface area contributed by atoms with Crippen LogP contribution in [0, 0.1) is 5.92 Å². The van der Waals surface area contributed by atoms with E-state index in [2.05, 4.69) is 15.4 Å². The van der Waals surface area contributed by atoms with Gasteiger partial charge in [0.25, 0.3) is 5.91 Å². The standard InChI is InChI=1S/C19H20N4O2/c24-17-11-13(12-23-9-3-7-21-23)10-16(17)22-19(25)18-15-5-2-1-4-14(15)6-8-20-18/h1-9,13,16-17,24H,10-12H2,(H,22,25)/t13?,16-,17-/m1/s1. The van der Waals surface area contributed by atoms with Crippen molar-refractivity contribution in [2.75, 3.05) is 0 Å². The first-order valence-electron chi connectivity index (χ1n) is 8.51. The predicted octanol–water partition coefficient (Wildman–Crippen LogP) is 2.00. The zero-order valence-electron chi connectivity index (χ0n) is 13.7. The Labute approximate surface area is 145 Å². The van der Waals surface area contributed by atoms with Crippen LogP contribution in [0.25, 0.3) is 10.8 Å². The van der Waals surface area contributed by atoms with Gasteiger partial charge in [0.1, 0.15) is 5.69 Å². The van der Waals surface area contributed by atoms with E-state index in [1.165, 1.54) is 0 Å². The molecule has 6 nitrogen and oxygen atoms in total. The Morgan fingerprint density at radius 1 is 1.20 bits per heavy atom. The molecule has 2 aromatic heterocycles. The minimum absolute atomic E-state index is 0.236. The number of aliphatic hydroxyl groups excluding tert-OH is 1. The lowest BCUT2D eigenvalue weighted by atomic mass is 10.1. The highest BCUT2D eigenvalue weighted by atomic mass is 16.3. The lowest BCUT2D eigenvalue weighted by Gasteiger charge is -2.16. The van der Waals surface area contributed by atoms with Gasteiger partial charge >= 0.3 is 0 Å². The number of carbonyl (C=O) groups is 1. The van der Waals surface area contributed by atoms with Gasteiger partial charge < -0.3 is 10.4 Å². The molecule has 1 aliphatic carbocycles. The molecule has 25 heavy (non-hydrogen) atoms. The Morgan fingerprint density at radius 3 is 2.92 bits per heavy atom. The third-order valence-corrected chi connectivity index (χ3v) is 4.84. The van der Waals surface area contributed by atoms with E-state index in [1.54, 1.807) is 12.4 Å². The van der Waals surface area contributed by atoms with Crippen molar-refractivity contribution in [3.8, 4) is 0 Å². The average Bonchev–Trinajstić information content (AvgIpc) is 3.25. The number of nitrogens with zero attached hydrogens (tertiary/aromatic N) is 3. The van der Waals surface area contributed by atoms with Gasteiger partial charge in [-0.15, -0.1) is 0 Å². The fourth-order valence-electron chi connectivity index (χ4n) is 3.63. The topological polar surface area (TPSA) is 80.0 Å². The van der Waals surface area contributed by atoms with Gasteiger partial charge in [-0.1, -0.05) is 24.3 Å². The van der Waals surface area contributed by atoms with E-state index in [0.717, 1.165) is 23.7 Å². The highest BCUT2D eigenvalue weighted by molar-refractivity contribution is 6.05. The maximum absolute atomic E-state index is 12.7. The monoisotopic (exact) mass is 336 g/mol. The number of aliphatic hydroxyl groups is 1. The van der Waals surface area contributed by atoms with E-state index < -0.39 is 6.10 Å². The lowest BCUT2D eigenvalue weighted by Crippen LogP contribution is -2.40. The van der Waals surface area contributed by atoms with Gasteiger partial charge in [0.05, 0.1) is 12.1 Å². The molecule has 0 bridgehead atoms. The number of carbonyl (C=O) groups excluding carboxylic acids is 1. The highest BCUT2D eigenvalue weighted by Gasteiger charge is 2.34. The zero-order chi connectivity index (χ0) is 17.2. The minimum atomic E-state index is -0.542. The fourth-order valence-corrected chi connectivity index (χ4v) is 3.63. The molecule has 0 spiro atoms. The smallest absolute Gasteiger partial charge is 0.270 e. The summed E-state index contributed by atoms with van der Waals surface area (Å²) in [6.07, 6.45) is 6.16. The van der Waals surface area contributed by atoms with E-state index in [-0.39, 0.29) is 11.9 Å². The molecule has 2 N–H and O–H groups in total. The van der Waals surface area contributed by atoms with Gasteiger partial charge in [-0.25, -0.2) is 0 Å². The fraction of sp³-hybridized carbons (Fsp3) is 0.316. The number of nitrogens with one attached hydrogen (secondary N) is 1. The molecule has 0 radical (unpaired) electrons. The first-order chi connectivity index (χ1) is 12.2. The van der Waals surface area contributed by atoms with Crippen LogP contribution >= 0.6 is 0 Å². The quantitative estimate of drug-likeness (QED) is 0.764. The van der Waals surface area contributed by atoms with Gasteiger partial charge in [-0.2, -0.15) is 5.10 Å². The van der Waals surface area contributed by atoms with Crippen LogP contribution in [0.1, 0.15) is 23.3 Å². The predicted molar refractivity (Wildman–Crippen MR) is 94.0 cm³/mol. The Balaban J connectivity index is 1.47. The molecule has 1 amide bonds. The molecule has 2 heterocycles. The summed E-state index contributed by atoms with van der Waals surface area (Å²) in [4.78, 5) is 16.9. The molecular formula is C19H20N4O2. The van der Waals surface area contributed by atoms with Gasteiger partial charge in [0.15, 0.2) is 0 Å². The van der Waals surface area contributed by atoms with Crippen molar-refractivity contribution in [1.82, 2.24) is 20.1 Å². The maximum Gasteiger partial charge on any atom is 0.270 e. The summed E-state index contributed by atoms with van der Waals surface area (Å²) in [5, 5.41) is 19.3. The van der Waals surface area contributed by atoms with Crippen molar-refractivity contribution < 1.29 is 9.90 Å². The Hall–Kier alpha value is -2.73. The molecule has 1 saturated carbocycles. The molecule has 0 aliphatic heterocycles. The molecule has 1 aromatic carbocycles. The second-order valence-electron chi connectivity index (χ2n) is 6.59. The first-order valence-corrected chi connectivity index (χ1v) is 8.51. The van der Waals surface area contributed by atoms with E-state index in [9.17, 15) is 9.90 Å². The van der Waals surface area contributed by atoms with Crippen LogP contribution in [0.4, 0.5) is 0 Å². The summed E-state index contributed by atoms with van der Waals surface area (Å²) >= 11 is 0. The van der Waals surface area contributed by atoms with E-state index >= 15 is 0 Å². The van der Waals surface area contributed by atoms with E-state index in [1.807, 2.05) is 47.3 Å². The average molecular weight is 336 g/mol. The molecule has 3 aromatic rings. The van der Waals surface area contributed by atoms with Crippen molar-refractivity contribution in [2.45, 2.75) is 31.5 Å². The third-order valence-electron chi connectivity index (χ3n) is 4.84. The van der Waals surface area contributed by atoms with E-state index in [0.29, 0.717) is 18.0 Å². The molecule has 4 rings (SSSR count). The molecule has 0 saturated heterocycles. The van der Waals surface area contributed by atoms with Crippen LogP contribution in [0.3, 0.4) is 0 Å². The zero-order valence-corrected chi connectivity index (χ0v) is 13.7. The van der Waals surface area contributed by atoms with Crippen LogP contribution < -0.4 is 5.32 Å². The molecule has 1 fully saturated rings. The van der Waals surface area contributed by atoms with Crippen molar-refractivity contribution >= 4 is 16.7 Å². The van der Waals surface area contributed by atoms with Crippen LogP contribution in [0.5, 0.6) is 0 Å². The van der Waals surface area contributed by atoms with Crippen LogP contribution in [0.2, 0.25) is 0 Å². The summed E-state index contributed by atoms with van der Waals surface area (Å²) in [5.74, 6) is 0.0567. The summed E-state index contributed by atoms with van der Waals surface area (Å²) < 4.78 is 1.87. The lowest BCUT2D eigenvalue weighted by molar-refractivity contribution is 0.0869. The number of hydrogen-bond donors (Lipinski definition) is 2. The largest absolute Gasteiger partial charge is 0.391 e. The number of benzene rings is 1. The number of hydrogen-bond acceptors (Lipinski definition) is 4. The number of fused-ring (bicyclic) bond motifs is 1. The first kappa shape index (κ1) is 15.8. The van der Waals surface area contributed by atoms with Gasteiger partial charge in [0, 0.05) is 30.5 Å². The van der Waals surface area contributed by atoms with Crippen molar-refractivity contribution in [1.29, 1.82) is 0 Å². The Bertz CT molecular complexity index is 873. The summed E-state index contributed by atoms with van der Waals surface area (Å²) in [5.41, 5.74) is 0.404. The molecule has 3 atom stereocenters. The van der Waals surface area contributed by atoms with Crippen LogP contribution in [0.15, 0.2) is 55.0 Å². The summed E-state index contributed by atoms with van der Waals surface area (Å²) in [6.45, 7) is 0.753. The number of pyridine rings is 1. The van der Waals surface area contributed by atoms with Gasteiger partial charge in [-0.3, -0.25) is 14.5 Å². The van der Waals surface area contributed by atoms with Crippen LogP contribution in [-0.2, 0) is 6.54 Å². The van der Waals surface area contributed by atoms with Crippen molar-refractivity contribution in [3.63, 3.8) is 0 Å². The minimum Gasteiger partial charge on any atom is -0.391 e. The van der Waals surface area contributed by atoms with E-state index in [4.69, 9.17) is 0 Å². The molecular weight excluding hydrogens is 316 g/mol. The molecule has 1 aliphatic rings. The summed E-state index contributed by atoms with van der Waals surface area (Å²) in [7, 11) is 0. The Morgan fingerprint density at radius 2 is 2.08 bits per heavy atom. The normalized spacial score (nSPS) is 23.0. The Kier molecular flexibility index (Phi) is 4.19. The third kappa shape index (κ3) is 3.25. The number of amides is 1. The molecule has 128 valence electrons. The second-order valence-corrected chi connectivity index (χ2v) is 6.59. The van der Waals surface area contributed by atoms with Crippen molar-refractivity contribution in [2.24, 2.45) is 5.92 Å². The SMILES string of the molecule is O=C(N[C@@H]1CC(Cn2cccn2)C[C@H]1O)c1nccc2ccccc12. The molecule has 1 unspecified atom stereocenters. The van der Waals surface area contributed by atoms with Crippen molar-refractivity contribution in [3.05, 3.63) is 60.7 Å². The molecule has 6 heteroatoms. The highest BCUT2D eigenvalue weighted by Crippen LogP contribution is 2.28. The number of aromatic nitrogens is 3. The second kappa shape index (κ2) is 6.64. The summed E-state index contributed by atoms with van der Waals surface area (Å²) in [6, 6.07) is 11.2. The van der Waals surface area contributed by atoms with Crippen LogP contribution in [-0.4, -0.2) is 37.9 Å². The van der Waals surface area contributed by atoms with Gasteiger partial charge in [0.2, 0.25) is 0 Å². The number of rotatable bonds is 4. The maximum atomic E-state index is 12.7. The van der Waals surface area contributed by atoms with Gasteiger partial charge in [-0.05, 0) is 36.3 Å².